The van der Waals surface area contributed by atoms with Gasteiger partial charge in [-0.05, 0) is 39.9 Å². The standard InChI is InChI=1S/C25H21N.C7H6O2/c26-25(21-14-6-2-7-15-21,22-16-8-3-9-17-22)24-19-11-10-18-23(24)20-12-4-1-5-13-20;8-7(9)6-4-2-1-3-5-6/h1-19H,26H2;1-5H,(H,8,9). The van der Waals surface area contributed by atoms with Crippen molar-refractivity contribution < 1.29 is 9.90 Å². The second-order valence-corrected chi connectivity index (χ2v) is 8.12. The molecule has 0 atom stereocenters. The molecule has 0 aliphatic heterocycles. The topological polar surface area (TPSA) is 63.3 Å². The minimum atomic E-state index is -0.879. The van der Waals surface area contributed by atoms with E-state index >= 15 is 0 Å². The summed E-state index contributed by atoms with van der Waals surface area (Å²) < 4.78 is 0. The van der Waals surface area contributed by atoms with Crippen molar-refractivity contribution in [3.05, 3.63) is 168 Å². The van der Waals surface area contributed by atoms with Gasteiger partial charge in [-0.25, -0.2) is 4.79 Å². The maximum atomic E-state index is 10.2. The molecule has 0 aliphatic rings. The molecule has 5 aromatic rings. The molecule has 172 valence electrons. The largest absolute Gasteiger partial charge is 0.478 e. The number of aromatic carboxylic acids is 1. The molecule has 0 aliphatic carbocycles. The Morgan fingerprint density at radius 3 is 1.40 bits per heavy atom. The number of benzene rings is 5. The van der Waals surface area contributed by atoms with Gasteiger partial charge in [0.05, 0.1) is 11.1 Å². The summed E-state index contributed by atoms with van der Waals surface area (Å²) in [6.45, 7) is 0. The van der Waals surface area contributed by atoms with Crippen LogP contribution in [0.5, 0.6) is 0 Å². The van der Waals surface area contributed by atoms with E-state index in [1.54, 1.807) is 30.3 Å². The molecule has 3 nitrogen and oxygen atoms in total. The Kier molecular flexibility index (Phi) is 7.51. The highest BCUT2D eigenvalue weighted by atomic mass is 16.4. The van der Waals surface area contributed by atoms with Crippen LogP contribution in [0.25, 0.3) is 11.1 Å². The Hall–Kier alpha value is -4.47. The first-order valence-corrected chi connectivity index (χ1v) is 11.4. The van der Waals surface area contributed by atoms with E-state index in [0.29, 0.717) is 5.56 Å². The number of nitrogens with two attached hydrogens (primary N) is 1. The summed E-state index contributed by atoms with van der Waals surface area (Å²) in [6, 6.07) is 47.8. The van der Waals surface area contributed by atoms with Gasteiger partial charge in [0, 0.05) is 0 Å². The van der Waals surface area contributed by atoms with E-state index in [0.717, 1.165) is 22.3 Å². The first-order valence-electron chi connectivity index (χ1n) is 11.4. The monoisotopic (exact) mass is 457 g/mol. The van der Waals surface area contributed by atoms with Crippen LogP contribution in [-0.4, -0.2) is 11.1 Å². The summed E-state index contributed by atoms with van der Waals surface area (Å²) in [7, 11) is 0. The molecule has 5 rings (SSSR count). The molecular formula is C32H27NO2. The van der Waals surface area contributed by atoms with Gasteiger partial charge in [0.25, 0.3) is 0 Å². The Morgan fingerprint density at radius 2 is 0.943 bits per heavy atom. The molecule has 0 spiro atoms. The van der Waals surface area contributed by atoms with E-state index in [2.05, 4.69) is 72.8 Å². The lowest BCUT2D eigenvalue weighted by atomic mass is 9.75. The number of carboxylic acids is 1. The molecule has 0 bridgehead atoms. The summed E-state index contributed by atoms with van der Waals surface area (Å²) in [5, 5.41) is 8.38. The van der Waals surface area contributed by atoms with Crippen molar-refractivity contribution in [1.29, 1.82) is 0 Å². The summed E-state index contributed by atoms with van der Waals surface area (Å²) in [6.07, 6.45) is 0. The average Bonchev–Trinajstić information content (AvgIpc) is 2.95. The van der Waals surface area contributed by atoms with E-state index in [-0.39, 0.29) is 0 Å². The van der Waals surface area contributed by atoms with Crippen molar-refractivity contribution >= 4 is 5.97 Å². The van der Waals surface area contributed by atoms with Gasteiger partial charge in [-0.2, -0.15) is 0 Å². The van der Waals surface area contributed by atoms with Crippen LogP contribution < -0.4 is 5.73 Å². The zero-order chi connectivity index (χ0) is 24.5. The molecule has 3 heteroatoms. The van der Waals surface area contributed by atoms with Crippen molar-refractivity contribution in [1.82, 2.24) is 0 Å². The first kappa shape index (κ1) is 23.7. The third kappa shape index (κ3) is 5.37. The zero-order valence-corrected chi connectivity index (χ0v) is 19.3. The van der Waals surface area contributed by atoms with Gasteiger partial charge in [0.15, 0.2) is 0 Å². The fourth-order valence-corrected chi connectivity index (χ4v) is 4.16. The summed E-state index contributed by atoms with van der Waals surface area (Å²) in [5.74, 6) is -0.879. The van der Waals surface area contributed by atoms with Gasteiger partial charge in [0.1, 0.15) is 0 Å². The summed E-state index contributed by atoms with van der Waals surface area (Å²) in [4.78, 5) is 10.2. The number of carboxylic acid groups (broad SMARTS) is 1. The Balaban J connectivity index is 0.000000271. The lowest BCUT2D eigenvalue weighted by Crippen LogP contribution is -2.39. The molecular weight excluding hydrogens is 430 g/mol. The molecule has 0 radical (unpaired) electrons. The van der Waals surface area contributed by atoms with E-state index in [4.69, 9.17) is 10.8 Å². The quantitative estimate of drug-likeness (QED) is 0.280. The Bertz CT molecular complexity index is 1310. The number of carbonyl (C=O) groups is 1. The molecule has 0 saturated carbocycles. The van der Waals surface area contributed by atoms with Crippen LogP contribution in [0.4, 0.5) is 0 Å². The van der Waals surface area contributed by atoms with E-state index < -0.39 is 11.5 Å². The third-order valence-corrected chi connectivity index (χ3v) is 5.92. The number of rotatable bonds is 5. The molecule has 35 heavy (non-hydrogen) atoms. The van der Waals surface area contributed by atoms with Crippen LogP contribution in [0.1, 0.15) is 27.0 Å². The highest BCUT2D eigenvalue weighted by Gasteiger charge is 2.33. The summed E-state index contributed by atoms with van der Waals surface area (Å²) in [5.41, 5.74) is 12.4. The minimum Gasteiger partial charge on any atom is -0.478 e. The minimum absolute atomic E-state index is 0.331. The fourth-order valence-electron chi connectivity index (χ4n) is 4.16. The number of hydrogen-bond donors (Lipinski definition) is 2. The first-order chi connectivity index (χ1) is 17.1. The zero-order valence-electron chi connectivity index (χ0n) is 19.3. The Morgan fingerprint density at radius 1 is 0.543 bits per heavy atom. The van der Waals surface area contributed by atoms with Crippen LogP contribution >= 0.6 is 0 Å². The highest BCUT2D eigenvalue weighted by molar-refractivity contribution is 5.87. The van der Waals surface area contributed by atoms with Crippen LogP contribution in [0.3, 0.4) is 0 Å². The molecule has 0 heterocycles. The SMILES string of the molecule is NC(c1ccccc1)(c1ccccc1)c1ccccc1-c1ccccc1.O=C(O)c1ccccc1. The molecule has 0 fully saturated rings. The molecule has 0 saturated heterocycles. The molecule has 3 N–H and O–H groups in total. The van der Waals surface area contributed by atoms with Crippen molar-refractivity contribution in [3.8, 4) is 11.1 Å². The van der Waals surface area contributed by atoms with E-state index in [1.807, 2.05) is 42.5 Å². The van der Waals surface area contributed by atoms with E-state index in [1.165, 1.54) is 5.56 Å². The fraction of sp³-hybridized carbons (Fsp3) is 0.0312. The smallest absolute Gasteiger partial charge is 0.335 e. The third-order valence-electron chi connectivity index (χ3n) is 5.92. The van der Waals surface area contributed by atoms with Gasteiger partial charge in [-0.1, -0.05) is 133 Å². The normalized spacial score (nSPS) is 10.7. The van der Waals surface area contributed by atoms with Crippen LogP contribution in [0.15, 0.2) is 146 Å². The predicted octanol–water partition coefficient (Wildman–Crippen LogP) is 6.99. The molecule has 0 unspecified atom stereocenters. The lowest BCUT2D eigenvalue weighted by molar-refractivity contribution is 0.0697. The van der Waals surface area contributed by atoms with Crippen molar-refractivity contribution in [3.63, 3.8) is 0 Å². The van der Waals surface area contributed by atoms with Crippen molar-refractivity contribution in [2.45, 2.75) is 5.54 Å². The van der Waals surface area contributed by atoms with Crippen molar-refractivity contribution in [2.75, 3.05) is 0 Å². The van der Waals surface area contributed by atoms with Gasteiger partial charge < -0.3 is 10.8 Å². The molecule has 0 aromatic heterocycles. The second kappa shape index (κ2) is 11.1. The van der Waals surface area contributed by atoms with Gasteiger partial charge in [0.2, 0.25) is 0 Å². The summed E-state index contributed by atoms with van der Waals surface area (Å²) >= 11 is 0. The lowest BCUT2D eigenvalue weighted by Gasteiger charge is -2.33. The van der Waals surface area contributed by atoms with Gasteiger partial charge >= 0.3 is 5.97 Å². The maximum Gasteiger partial charge on any atom is 0.335 e. The predicted molar refractivity (Wildman–Crippen MR) is 142 cm³/mol. The Labute approximate surface area is 206 Å². The number of hydrogen-bond acceptors (Lipinski definition) is 2. The van der Waals surface area contributed by atoms with Gasteiger partial charge in [-0.3, -0.25) is 0 Å². The van der Waals surface area contributed by atoms with Crippen molar-refractivity contribution in [2.24, 2.45) is 5.73 Å². The van der Waals surface area contributed by atoms with Crippen LogP contribution in [0.2, 0.25) is 0 Å². The van der Waals surface area contributed by atoms with Gasteiger partial charge in [-0.15, -0.1) is 0 Å². The average molecular weight is 458 g/mol. The van der Waals surface area contributed by atoms with Crippen LogP contribution in [-0.2, 0) is 5.54 Å². The van der Waals surface area contributed by atoms with Crippen LogP contribution in [0, 0.1) is 0 Å². The van der Waals surface area contributed by atoms with E-state index in [9.17, 15) is 4.79 Å². The maximum absolute atomic E-state index is 10.2. The molecule has 5 aromatic carbocycles. The second-order valence-electron chi connectivity index (χ2n) is 8.12. The molecule has 0 amide bonds. The highest BCUT2D eigenvalue weighted by Crippen LogP contribution is 2.39.